The molecule has 1 amide bonds. The minimum atomic E-state index is -0.575. The number of methoxy groups -OCH3 is 1. The molecule has 0 aliphatic carbocycles. The molecule has 3 aromatic rings. The molecule has 1 aromatic carbocycles. The molecule has 0 aliphatic heterocycles. The Labute approximate surface area is 149 Å². The van der Waals surface area contributed by atoms with Crippen molar-refractivity contribution < 1.29 is 19.1 Å². The van der Waals surface area contributed by atoms with Gasteiger partial charge in [0.05, 0.1) is 12.8 Å². The molecule has 0 saturated heterocycles. The van der Waals surface area contributed by atoms with E-state index in [-0.39, 0.29) is 0 Å². The second kappa shape index (κ2) is 6.83. The minimum absolute atomic E-state index is 0.327. The molecule has 2 aromatic heterocycles. The third-order valence-corrected chi connectivity index (χ3v) is 3.77. The van der Waals surface area contributed by atoms with E-state index >= 15 is 0 Å². The Morgan fingerprint density at radius 1 is 1.12 bits per heavy atom. The van der Waals surface area contributed by atoms with Crippen LogP contribution in [0.3, 0.4) is 0 Å². The van der Waals surface area contributed by atoms with E-state index in [9.17, 15) is 9.59 Å². The van der Waals surface area contributed by atoms with Gasteiger partial charge in [-0.15, -0.1) is 0 Å². The highest BCUT2D eigenvalue weighted by Crippen LogP contribution is 2.21. The standard InChI is InChI=1S/C18H18N4O4/c1-10-9-11(2)22-16(19-10)15(12(3)21-22)17(23)26-14-7-5-13(6-8-14)20-18(24)25-4/h5-9H,1-4H3,(H,20,24). The lowest BCUT2D eigenvalue weighted by atomic mass is 10.2. The van der Waals surface area contributed by atoms with Gasteiger partial charge >= 0.3 is 12.1 Å². The minimum Gasteiger partial charge on any atom is -0.453 e. The van der Waals surface area contributed by atoms with Gasteiger partial charge in [0, 0.05) is 17.1 Å². The van der Waals surface area contributed by atoms with E-state index in [0.29, 0.717) is 28.3 Å². The summed E-state index contributed by atoms with van der Waals surface area (Å²) < 4.78 is 11.6. The normalized spacial score (nSPS) is 10.6. The third-order valence-electron chi connectivity index (χ3n) is 3.77. The molecule has 0 aliphatic rings. The molecule has 0 bridgehead atoms. The lowest BCUT2D eigenvalue weighted by Crippen LogP contribution is -2.12. The van der Waals surface area contributed by atoms with E-state index in [1.165, 1.54) is 7.11 Å². The molecule has 0 spiro atoms. The van der Waals surface area contributed by atoms with Crippen molar-refractivity contribution in [3.8, 4) is 5.75 Å². The zero-order valence-electron chi connectivity index (χ0n) is 14.9. The van der Waals surface area contributed by atoms with Gasteiger partial charge in [-0.3, -0.25) is 5.32 Å². The average Bonchev–Trinajstić information content (AvgIpc) is 2.93. The van der Waals surface area contributed by atoms with Crippen molar-refractivity contribution in [2.75, 3.05) is 12.4 Å². The molecule has 2 heterocycles. The number of carbonyl (C=O) groups is 2. The first-order valence-corrected chi connectivity index (χ1v) is 7.90. The lowest BCUT2D eigenvalue weighted by Gasteiger charge is -2.07. The van der Waals surface area contributed by atoms with Gasteiger partial charge in [0.15, 0.2) is 5.65 Å². The number of carbonyl (C=O) groups excluding carboxylic acids is 2. The Hall–Kier alpha value is -3.42. The maximum Gasteiger partial charge on any atom is 0.411 e. The van der Waals surface area contributed by atoms with Crippen LogP contribution in [0.1, 0.15) is 27.4 Å². The van der Waals surface area contributed by atoms with Crippen molar-refractivity contribution in [2.24, 2.45) is 0 Å². The molecule has 134 valence electrons. The molecular formula is C18H18N4O4. The number of ether oxygens (including phenoxy) is 2. The Morgan fingerprint density at radius 3 is 2.46 bits per heavy atom. The smallest absolute Gasteiger partial charge is 0.411 e. The van der Waals surface area contributed by atoms with Gasteiger partial charge in [-0.05, 0) is 51.1 Å². The Balaban J connectivity index is 1.85. The van der Waals surface area contributed by atoms with Crippen molar-refractivity contribution in [2.45, 2.75) is 20.8 Å². The molecule has 1 N–H and O–H groups in total. The van der Waals surface area contributed by atoms with Crippen LogP contribution in [0.15, 0.2) is 30.3 Å². The summed E-state index contributed by atoms with van der Waals surface area (Å²) in [6.45, 7) is 5.50. The Bertz CT molecular complexity index is 993. The van der Waals surface area contributed by atoms with Crippen molar-refractivity contribution in [1.82, 2.24) is 14.6 Å². The van der Waals surface area contributed by atoms with Gasteiger partial charge in [-0.2, -0.15) is 5.10 Å². The molecule has 3 rings (SSSR count). The Morgan fingerprint density at radius 2 is 1.81 bits per heavy atom. The molecular weight excluding hydrogens is 336 g/mol. The highest BCUT2D eigenvalue weighted by atomic mass is 16.5. The zero-order valence-corrected chi connectivity index (χ0v) is 14.9. The second-order valence-corrected chi connectivity index (χ2v) is 5.77. The van der Waals surface area contributed by atoms with Crippen LogP contribution in [0.4, 0.5) is 10.5 Å². The summed E-state index contributed by atoms with van der Waals surface area (Å²) in [6, 6.07) is 8.26. The average molecular weight is 354 g/mol. The fraction of sp³-hybridized carbons (Fsp3) is 0.222. The van der Waals surface area contributed by atoms with Gasteiger partial charge in [-0.25, -0.2) is 19.1 Å². The van der Waals surface area contributed by atoms with E-state index in [2.05, 4.69) is 20.1 Å². The van der Waals surface area contributed by atoms with Crippen molar-refractivity contribution in [1.29, 1.82) is 0 Å². The van der Waals surface area contributed by atoms with Crippen LogP contribution >= 0.6 is 0 Å². The number of aryl methyl sites for hydroxylation is 3. The van der Waals surface area contributed by atoms with E-state index in [1.807, 2.05) is 19.9 Å². The molecule has 0 unspecified atom stereocenters. The number of nitrogens with zero attached hydrogens (tertiary/aromatic N) is 3. The van der Waals surface area contributed by atoms with Crippen LogP contribution in [-0.4, -0.2) is 33.8 Å². The first-order valence-electron chi connectivity index (χ1n) is 7.90. The predicted molar refractivity (Wildman–Crippen MR) is 94.6 cm³/mol. The van der Waals surface area contributed by atoms with Gasteiger partial charge in [-0.1, -0.05) is 0 Å². The van der Waals surface area contributed by atoms with Gasteiger partial charge in [0.25, 0.3) is 0 Å². The summed E-state index contributed by atoms with van der Waals surface area (Å²) in [5.41, 5.74) is 3.54. The SMILES string of the molecule is COC(=O)Nc1ccc(OC(=O)c2c(C)nn3c(C)cc(C)nc23)cc1. The summed E-state index contributed by atoms with van der Waals surface area (Å²) in [7, 11) is 1.28. The topological polar surface area (TPSA) is 94.8 Å². The van der Waals surface area contributed by atoms with Gasteiger partial charge in [0.2, 0.25) is 0 Å². The molecule has 8 heteroatoms. The summed E-state index contributed by atoms with van der Waals surface area (Å²) in [5.74, 6) is -0.197. The molecule has 0 atom stereocenters. The highest BCUT2D eigenvalue weighted by molar-refractivity contribution is 5.98. The number of hydrogen-bond acceptors (Lipinski definition) is 6. The fourth-order valence-corrected chi connectivity index (χ4v) is 2.60. The van der Waals surface area contributed by atoms with Crippen LogP contribution in [-0.2, 0) is 4.74 Å². The van der Waals surface area contributed by atoms with E-state index < -0.39 is 12.1 Å². The first kappa shape index (κ1) is 17.4. The summed E-state index contributed by atoms with van der Waals surface area (Å²) in [4.78, 5) is 28.2. The zero-order chi connectivity index (χ0) is 18.8. The number of fused-ring (bicyclic) bond motifs is 1. The van der Waals surface area contributed by atoms with E-state index in [4.69, 9.17) is 4.74 Å². The largest absolute Gasteiger partial charge is 0.453 e. The first-order chi connectivity index (χ1) is 12.4. The van der Waals surface area contributed by atoms with Crippen LogP contribution in [0.5, 0.6) is 5.75 Å². The van der Waals surface area contributed by atoms with Crippen molar-refractivity contribution in [3.05, 3.63) is 53.0 Å². The number of aromatic nitrogens is 3. The summed E-state index contributed by atoms with van der Waals surface area (Å²) in [6.07, 6.45) is -0.575. The number of benzene rings is 1. The molecule has 8 nitrogen and oxygen atoms in total. The van der Waals surface area contributed by atoms with Gasteiger partial charge in [0.1, 0.15) is 11.3 Å². The van der Waals surface area contributed by atoms with Crippen LogP contribution in [0.2, 0.25) is 0 Å². The van der Waals surface area contributed by atoms with Crippen LogP contribution in [0, 0.1) is 20.8 Å². The second-order valence-electron chi connectivity index (χ2n) is 5.77. The molecule has 0 radical (unpaired) electrons. The number of nitrogens with one attached hydrogen (secondary N) is 1. The maximum absolute atomic E-state index is 12.6. The number of amides is 1. The summed E-state index contributed by atoms with van der Waals surface area (Å²) >= 11 is 0. The monoisotopic (exact) mass is 354 g/mol. The van der Waals surface area contributed by atoms with Gasteiger partial charge < -0.3 is 9.47 Å². The third kappa shape index (κ3) is 3.34. The number of esters is 1. The predicted octanol–water partition coefficient (Wildman–Crippen LogP) is 3.05. The number of rotatable bonds is 3. The number of hydrogen-bond donors (Lipinski definition) is 1. The molecule has 0 saturated carbocycles. The summed E-state index contributed by atoms with van der Waals surface area (Å²) in [5, 5.41) is 6.89. The van der Waals surface area contributed by atoms with Crippen molar-refractivity contribution in [3.63, 3.8) is 0 Å². The van der Waals surface area contributed by atoms with Crippen LogP contribution < -0.4 is 10.1 Å². The molecule has 26 heavy (non-hydrogen) atoms. The molecule has 0 fully saturated rings. The highest BCUT2D eigenvalue weighted by Gasteiger charge is 2.21. The van der Waals surface area contributed by atoms with Crippen LogP contribution in [0.25, 0.3) is 5.65 Å². The quantitative estimate of drug-likeness (QED) is 0.574. The lowest BCUT2D eigenvalue weighted by molar-refractivity contribution is 0.0735. The Kier molecular flexibility index (Phi) is 4.57. The fourth-order valence-electron chi connectivity index (χ4n) is 2.60. The maximum atomic E-state index is 12.6. The van der Waals surface area contributed by atoms with E-state index in [0.717, 1.165) is 11.4 Å². The number of anilines is 1. The van der Waals surface area contributed by atoms with Crippen molar-refractivity contribution >= 4 is 23.4 Å². The van der Waals surface area contributed by atoms with E-state index in [1.54, 1.807) is 35.7 Å².